The molecule has 0 aromatic carbocycles. The summed E-state index contributed by atoms with van der Waals surface area (Å²) in [6, 6.07) is 0. The van der Waals surface area contributed by atoms with Gasteiger partial charge in [-0.3, -0.25) is 10.1 Å². The third-order valence-electron chi connectivity index (χ3n) is 2.42. The van der Waals surface area contributed by atoms with Crippen LogP contribution in [0.2, 0.25) is 0 Å². The molecule has 0 saturated heterocycles. The first-order valence-corrected chi connectivity index (χ1v) is 5.71. The fraction of sp³-hybridized carbons (Fsp3) is 0.600. The van der Waals surface area contributed by atoms with E-state index in [-0.39, 0.29) is 17.5 Å². The summed E-state index contributed by atoms with van der Waals surface area (Å²) in [5.41, 5.74) is -1.43. The topological polar surface area (TPSA) is 133 Å². The highest BCUT2D eigenvalue weighted by Crippen LogP contribution is 2.25. The molecular formula is C10H17N5O4. The maximum Gasteiger partial charge on any atom is 0.329 e. The molecule has 19 heavy (non-hydrogen) atoms. The standard InChI is InChI=1S/C10H17N5O4/c1-3-11-9-12-4-7(15(18)19)8(13-9)14-10(2,5-16)6-17/h4,16-17H,3,5-6H2,1-2H3,(H2,11,12,13,14). The largest absolute Gasteiger partial charge is 0.394 e. The predicted octanol–water partition coefficient (Wildman–Crippen LogP) is -0.0282. The van der Waals surface area contributed by atoms with Crippen LogP contribution >= 0.6 is 0 Å². The van der Waals surface area contributed by atoms with Gasteiger partial charge in [0.1, 0.15) is 6.20 Å². The summed E-state index contributed by atoms with van der Waals surface area (Å²) in [4.78, 5) is 18.0. The van der Waals surface area contributed by atoms with Crippen molar-refractivity contribution < 1.29 is 15.1 Å². The summed E-state index contributed by atoms with van der Waals surface area (Å²) in [6.07, 6.45) is 1.07. The number of nitrogens with one attached hydrogen (secondary N) is 2. The third kappa shape index (κ3) is 3.73. The van der Waals surface area contributed by atoms with Crippen molar-refractivity contribution >= 4 is 17.5 Å². The first-order chi connectivity index (χ1) is 8.95. The number of aliphatic hydroxyl groups is 2. The zero-order valence-electron chi connectivity index (χ0n) is 10.8. The Bertz CT molecular complexity index is 450. The highest BCUT2D eigenvalue weighted by molar-refractivity contribution is 5.58. The molecule has 0 aliphatic heterocycles. The lowest BCUT2D eigenvalue weighted by Gasteiger charge is -2.26. The van der Waals surface area contributed by atoms with Crippen LogP contribution in [0.1, 0.15) is 13.8 Å². The van der Waals surface area contributed by atoms with E-state index in [1.165, 1.54) is 6.92 Å². The Balaban J connectivity index is 3.13. The number of nitro groups is 1. The van der Waals surface area contributed by atoms with E-state index in [1.807, 2.05) is 6.92 Å². The third-order valence-corrected chi connectivity index (χ3v) is 2.42. The monoisotopic (exact) mass is 271 g/mol. The van der Waals surface area contributed by atoms with Crippen LogP contribution in [-0.2, 0) is 0 Å². The van der Waals surface area contributed by atoms with Gasteiger partial charge in [-0.15, -0.1) is 0 Å². The fourth-order valence-corrected chi connectivity index (χ4v) is 1.26. The summed E-state index contributed by atoms with van der Waals surface area (Å²) in [6.45, 7) is 3.12. The highest BCUT2D eigenvalue weighted by Gasteiger charge is 2.27. The van der Waals surface area contributed by atoms with Crippen molar-refractivity contribution in [2.75, 3.05) is 30.4 Å². The van der Waals surface area contributed by atoms with Crippen LogP contribution in [-0.4, -0.2) is 50.4 Å². The van der Waals surface area contributed by atoms with Crippen LogP contribution < -0.4 is 10.6 Å². The van der Waals surface area contributed by atoms with Crippen LogP contribution in [0.3, 0.4) is 0 Å². The molecule has 1 rings (SSSR count). The molecule has 0 fully saturated rings. The Morgan fingerprint density at radius 3 is 2.58 bits per heavy atom. The molecule has 106 valence electrons. The number of rotatable bonds is 7. The van der Waals surface area contributed by atoms with E-state index in [0.29, 0.717) is 6.54 Å². The lowest BCUT2D eigenvalue weighted by molar-refractivity contribution is -0.384. The average molecular weight is 271 g/mol. The quantitative estimate of drug-likeness (QED) is 0.401. The molecule has 4 N–H and O–H groups in total. The van der Waals surface area contributed by atoms with Gasteiger partial charge in [0.25, 0.3) is 0 Å². The van der Waals surface area contributed by atoms with Gasteiger partial charge in [-0.05, 0) is 13.8 Å². The van der Waals surface area contributed by atoms with Gasteiger partial charge in [-0.25, -0.2) is 4.98 Å². The van der Waals surface area contributed by atoms with Crippen LogP contribution in [0.15, 0.2) is 6.20 Å². The molecular weight excluding hydrogens is 254 g/mol. The minimum Gasteiger partial charge on any atom is -0.394 e. The predicted molar refractivity (Wildman–Crippen MR) is 69.0 cm³/mol. The molecule has 0 spiro atoms. The maximum atomic E-state index is 10.9. The first kappa shape index (κ1) is 15.1. The number of hydrogen-bond donors (Lipinski definition) is 4. The van der Waals surface area contributed by atoms with E-state index in [2.05, 4.69) is 20.6 Å². The van der Waals surface area contributed by atoms with Gasteiger partial charge >= 0.3 is 5.69 Å². The van der Waals surface area contributed by atoms with E-state index in [4.69, 9.17) is 0 Å². The van der Waals surface area contributed by atoms with Gasteiger partial charge in [0, 0.05) is 6.54 Å². The van der Waals surface area contributed by atoms with E-state index >= 15 is 0 Å². The van der Waals surface area contributed by atoms with Gasteiger partial charge in [0.15, 0.2) is 0 Å². The summed E-state index contributed by atoms with van der Waals surface area (Å²) < 4.78 is 0. The maximum absolute atomic E-state index is 10.9. The summed E-state index contributed by atoms with van der Waals surface area (Å²) in [7, 11) is 0. The van der Waals surface area contributed by atoms with Gasteiger partial charge in [-0.2, -0.15) is 4.98 Å². The number of aromatic nitrogens is 2. The Labute approximate surface area is 109 Å². The van der Waals surface area contributed by atoms with Crippen LogP contribution in [0, 0.1) is 10.1 Å². The second-order valence-corrected chi connectivity index (χ2v) is 4.22. The molecule has 0 unspecified atom stereocenters. The number of aliphatic hydroxyl groups excluding tert-OH is 2. The van der Waals surface area contributed by atoms with Crippen LogP contribution in [0.25, 0.3) is 0 Å². The van der Waals surface area contributed by atoms with E-state index in [1.54, 1.807) is 0 Å². The van der Waals surface area contributed by atoms with Gasteiger partial charge < -0.3 is 20.8 Å². The van der Waals surface area contributed by atoms with Gasteiger partial charge in [0.2, 0.25) is 11.8 Å². The number of nitrogens with zero attached hydrogens (tertiary/aromatic N) is 3. The van der Waals surface area contributed by atoms with E-state index in [0.717, 1.165) is 6.20 Å². The summed E-state index contributed by atoms with van der Waals surface area (Å²) in [5, 5.41) is 34.8. The number of anilines is 2. The van der Waals surface area contributed by atoms with Crippen molar-refractivity contribution in [2.45, 2.75) is 19.4 Å². The second-order valence-electron chi connectivity index (χ2n) is 4.22. The lowest BCUT2D eigenvalue weighted by Crippen LogP contribution is -2.43. The molecule has 0 aliphatic carbocycles. The molecule has 0 aliphatic rings. The SMILES string of the molecule is CCNc1ncc([N+](=O)[O-])c(NC(C)(CO)CO)n1. The molecule has 0 radical (unpaired) electrons. The van der Waals surface area contributed by atoms with Gasteiger partial charge in [0.05, 0.1) is 23.7 Å². The van der Waals surface area contributed by atoms with E-state index < -0.39 is 23.7 Å². The molecule has 1 aromatic heterocycles. The molecule has 9 nitrogen and oxygen atoms in total. The molecule has 0 bridgehead atoms. The lowest BCUT2D eigenvalue weighted by atomic mass is 10.1. The van der Waals surface area contributed by atoms with Crippen LogP contribution in [0.4, 0.5) is 17.5 Å². The zero-order chi connectivity index (χ0) is 14.5. The number of hydrogen-bond acceptors (Lipinski definition) is 8. The normalized spacial score (nSPS) is 11.2. The Kier molecular flexibility index (Phi) is 4.95. The Morgan fingerprint density at radius 1 is 1.47 bits per heavy atom. The molecule has 0 saturated carbocycles. The molecule has 1 heterocycles. The van der Waals surface area contributed by atoms with Crippen molar-refractivity contribution in [2.24, 2.45) is 0 Å². The van der Waals surface area contributed by atoms with Crippen molar-refractivity contribution in [1.29, 1.82) is 0 Å². The fourth-order valence-electron chi connectivity index (χ4n) is 1.26. The molecule has 0 amide bonds. The minimum atomic E-state index is -1.11. The molecule has 9 heteroatoms. The van der Waals surface area contributed by atoms with Crippen molar-refractivity contribution in [3.05, 3.63) is 16.3 Å². The van der Waals surface area contributed by atoms with Crippen molar-refractivity contribution in [3.63, 3.8) is 0 Å². The molecule has 0 atom stereocenters. The Hall–Kier alpha value is -2.00. The average Bonchev–Trinajstić information content (AvgIpc) is 2.39. The Morgan fingerprint density at radius 2 is 2.11 bits per heavy atom. The van der Waals surface area contributed by atoms with Crippen molar-refractivity contribution in [1.82, 2.24) is 9.97 Å². The van der Waals surface area contributed by atoms with E-state index in [9.17, 15) is 20.3 Å². The van der Waals surface area contributed by atoms with Gasteiger partial charge in [-0.1, -0.05) is 0 Å². The smallest absolute Gasteiger partial charge is 0.329 e. The summed E-state index contributed by atoms with van der Waals surface area (Å²) >= 11 is 0. The second kappa shape index (κ2) is 6.25. The van der Waals surface area contributed by atoms with Crippen LogP contribution in [0.5, 0.6) is 0 Å². The highest BCUT2D eigenvalue weighted by atomic mass is 16.6. The minimum absolute atomic E-state index is 0.0541. The molecule has 1 aromatic rings. The first-order valence-electron chi connectivity index (χ1n) is 5.71. The summed E-state index contributed by atoms with van der Waals surface area (Å²) in [5.74, 6) is 0.176. The van der Waals surface area contributed by atoms with Crippen molar-refractivity contribution in [3.8, 4) is 0 Å². The zero-order valence-corrected chi connectivity index (χ0v) is 10.8.